The Morgan fingerprint density at radius 3 is 1.74 bits per heavy atom. The summed E-state index contributed by atoms with van der Waals surface area (Å²) >= 11 is 0. The number of hydrogen-bond donors (Lipinski definition) is 1. The number of ether oxygens (including phenoxy) is 2. The number of carbonyl (C=O) groups excluding carboxylic acids is 3. The molecule has 0 aliphatic carbocycles. The fourth-order valence-corrected chi connectivity index (χ4v) is 3.43. The van der Waals surface area contributed by atoms with E-state index in [-0.39, 0.29) is 11.4 Å². The number of carbonyl (C=O) groups is 4. The number of carboxylic acid groups (broad SMARTS) is 1. The van der Waals surface area contributed by atoms with Crippen LogP contribution in [0.2, 0.25) is 0 Å². The number of aliphatic carboxylic acids is 1. The molecule has 0 saturated heterocycles. The lowest BCUT2D eigenvalue weighted by Gasteiger charge is -2.07. The maximum Gasteiger partial charge on any atom is 0.334 e. The van der Waals surface area contributed by atoms with Crippen molar-refractivity contribution in [1.29, 1.82) is 0 Å². The summed E-state index contributed by atoms with van der Waals surface area (Å²) in [5, 5.41) is 8.88. The molecule has 0 aromatic heterocycles. The molecule has 0 rings (SSSR count). The maximum absolute atomic E-state index is 12.0. The van der Waals surface area contributed by atoms with Gasteiger partial charge in [0.1, 0.15) is 0 Å². The van der Waals surface area contributed by atoms with Crippen molar-refractivity contribution in [1.82, 2.24) is 0 Å². The Kier molecular flexibility index (Phi) is 21.7. The van der Waals surface area contributed by atoms with Crippen LogP contribution >= 0.6 is 0 Å². The minimum Gasteiger partial charge on any atom is -0.478 e. The Bertz CT molecular complexity index is 664. The maximum atomic E-state index is 12.0. The number of ketones is 1. The second-order valence-electron chi connectivity index (χ2n) is 8.85. The van der Waals surface area contributed by atoms with Crippen LogP contribution in [0.15, 0.2) is 23.8 Å². The molecule has 0 saturated carbocycles. The van der Waals surface area contributed by atoms with Crippen LogP contribution in [0.25, 0.3) is 0 Å². The average molecular weight is 495 g/mol. The first-order chi connectivity index (χ1) is 16.9. The molecule has 0 aliphatic rings. The molecule has 0 unspecified atom stereocenters. The summed E-state index contributed by atoms with van der Waals surface area (Å²) in [6.45, 7) is 4.74. The van der Waals surface area contributed by atoms with Crippen molar-refractivity contribution >= 4 is 23.7 Å². The van der Waals surface area contributed by atoms with E-state index in [1.807, 2.05) is 13.8 Å². The summed E-state index contributed by atoms with van der Waals surface area (Å²) in [7, 11) is 0. The molecule has 0 spiro atoms. The molecule has 0 aromatic carbocycles. The Labute approximate surface area is 211 Å². The van der Waals surface area contributed by atoms with E-state index in [4.69, 9.17) is 14.6 Å². The van der Waals surface area contributed by atoms with Gasteiger partial charge in [-0.15, -0.1) is 0 Å². The van der Waals surface area contributed by atoms with Gasteiger partial charge in [-0.05, 0) is 38.2 Å². The molecular formula is C28H46O7. The van der Waals surface area contributed by atoms with E-state index in [9.17, 15) is 19.2 Å². The smallest absolute Gasteiger partial charge is 0.334 e. The number of hydrogen-bond acceptors (Lipinski definition) is 6. The topological polar surface area (TPSA) is 107 Å². The van der Waals surface area contributed by atoms with E-state index >= 15 is 0 Å². The first-order valence-corrected chi connectivity index (χ1v) is 13.4. The average Bonchev–Trinajstić information content (AvgIpc) is 2.83. The van der Waals surface area contributed by atoms with E-state index in [1.54, 1.807) is 0 Å². The highest BCUT2D eigenvalue weighted by atomic mass is 16.5. The van der Waals surface area contributed by atoms with Gasteiger partial charge in [0.25, 0.3) is 0 Å². The highest BCUT2D eigenvalue weighted by molar-refractivity contribution is 5.96. The number of esters is 2. The molecule has 0 atom stereocenters. The van der Waals surface area contributed by atoms with Crippen LogP contribution < -0.4 is 0 Å². The second-order valence-corrected chi connectivity index (χ2v) is 8.85. The Hall–Kier alpha value is -2.44. The standard InChI is InChI=1S/C28H46O7/c1-3-5-17-24(23-26(30)31)28(33)35-22-16-14-12-10-8-7-9-11-13-15-18-25(29)19-20-27(32)34-21-6-4-2/h19-20,23H,3-18,21-22H2,1-2H3,(H,30,31)/b20-19-,24-23-. The van der Waals surface area contributed by atoms with E-state index < -0.39 is 17.9 Å². The number of rotatable bonds is 23. The molecule has 1 N–H and O–H groups in total. The van der Waals surface area contributed by atoms with Crippen LogP contribution in [0, 0.1) is 0 Å². The lowest BCUT2D eigenvalue weighted by molar-refractivity contribution is -0.140. The largest absolute Gasteiger partial charge is 0.478 e. The van der Waals surface area contributed by atoms with Crippen molar-refractivity contribution in [3.05, 3.63) is 23.8 Å². The molecule has 0 aromatic rings. The summed E-state index contributed by atoms with van der Waals surface area (Å²) in [4.78, 5) is 46.0. The van der Waals surface area contributed by atoms with Crippen molar-refractivity contribution in [2.75, 3.05) is 13.2 Å². The van der Waals surface area contributed by atoms with Gasteiger partial charge in [-0.3, -0.25) is 4.79 Å². The second kappa shape index (κ2) is 23.3. The zero-order valence-corrected chi connectivity index (χ0v) is 21.9. The molecule has 0 aliphatic heterocycles. The van der Waals surface area contributed by atoms with E-state index in [0.717, 1.165) is 83.1 Å². The summed E-state index contributed by atoms with van der Waals surface area (Å²) < 4.78 is 10.2. The van der Waals surface area contributed by atoms with Gasteiger partial charge in [0, 0.05) is 24.1 Å². The third-order valence-electron chi connectivity index (χ3n) is 5.56. The van der Waals surface area contributed by atoms with Crippen molar-refractivity contribution in [3.63, 3.8) is 0 Å². The minimum absolute atomic E-state index is 0.0294. The molecule has 7 nitrogen and oxygen atoms in total. The van der Waals surface area contributed by atoms with Gasteiger partial charge < -0.3 is 14.6 Å². The zero-order valence-electron chi connectivity index (χ0n) is 21.9. The van der Waals surface area contributed by atoms with Gasteiger partial charge >= 0.3 is 17.9 Å². The predicted octanol–water partition coefficient (Wildman–Crippen LogP) is 6.49. The Morgan fingerprint density at radius 1 is 0.629 bits per heavy atom. The molecule has 35 heavy (non-hydrogen) atoms. The van der Waals surface area contributed by atoms with Crippen LogP contribution in [0.3, 0.4) is 0 Å². The highest BCUT2D eigenvalue weighted by Crippen LogP contribution is 2.13. The fraction of sp³-hybridized carbons (Fsp3) is 0.714. The number of allylic oxidation sites excluding steroid dienone is 1. The fourth-order valence-electron chi connectivity index (χ4n) is 3.43. The summed E-state index contributed by atoms with van der Waals surface area (Å²) in [5.74, 6) is -2.10. The lowest BCUT2D eigenvalue weighted by Crippen LogP contribution is -2.11. The van der Waals surface area contributed by atoms with Crippen LogP contribution in [-0.4, -0.2) is 42.0 Å². The molecular weight excluding hydrogens is 448 g/mol. The van der Waals surface area contributed by atoms with Crippen molar-refractivity contribution in [2.45, 2.75) is 117 Å². The van der Waals surface area contributed by atoms with Crippen LogP contribution in [0.1, 0.15) is 117 Å². The Balaban J connectivity index is 3.61. The molecule has 200 valence electrons. The van der Waals surface area contributed by atoms with Gasteiger partial charge in [0.15, 0.2) is 5.78 Å². The van der Waals surface area contributed by atoms with Gasteiger partial charge in [0.2, 0.25) is 0 Å². The van der Waals surface area contributed by atoms with Crippen molar-refractivity contribution in [3.8, 4) is 0 Å². The third-order valence-corrected chi connectivity index (χ3v) is 5.56. The SMILES string of the molecule is CCCCOC(=O)/C=C\C(=O)CCCCCCCCCCCCOC(=O)/C(=C\C(=O)O)CCCC. The number of carboxylic acids is 1. The quantitative estimate of drug-likeness (QED) is 0.0982. The summed E-state index contributed by atoms with van der Waals surface area (Å²) in [6.07, 6.45) is 18.3. The monoisotopic (exact) mass is 494 g/mol. The van der Waals surface area contributed by atoms with Gasteiger partial charge in [-0.1, -0.05) is 78.1 Å². The number of unbranched alkanes of at least 4 members (excludes halogenated alkanes) is 11. The third kappa shape index (κ3) is 21.8. The molecule has 0 heterocycles. The van der Waals surface area contributed by atoms with Crippen LogP contribution in [0.4, 0.5) is 0 Å². The molecule has 7 heteroatoms. The van der Waals surface area contributed by atoms with Gasteiger partial charge in [-0.25, -0.2) is 14.4 Å². The first kappa shape index (κ1) is 32.6. The highest BCUT2D eigenvalue weighted by Gasteiger charge is 2.12. The molecule has 0 fully saturated rings. The Morgan fingerprint density at radius 2 is 1.17 bits per heavy atom. The van der Waals surface area contributed by atoms with Crippen LogP contribution in [-0.2, 0) is 28.7 Å². The van der Waals surface area contributed by atoms with Crippen molar-refractivity contribution in [2.24, 2.45) is 0 Å². The van der Waals surface area contributed by atoms with Gasteiger partial charge in [-0.2, -0.15) is 0 Å². The normalized spacial score (nSPS) is 11.5. The lowest BCUT2D eigenvalue weighted by atomic mass is 10.0. The summed E-state index contributed by atoms with van der Waals surface area (Å²) in [6, 6.07) is 0. The minimum atomic E-state index is -1.12. The van der Waals surface area contributed by atoms with E-state index in [2.05, 4.69) is 0 Å². The van der Waals surface area contributed by atoms with Crippen molar-refractivity contribution < 1.29 is 33.8 Å². The van der Waals surface area contributed by atoms with E-state index in [0.29, 0.717) is 26.1 Å². The first-order valence-electron chi connectivity index (χ1n) is 13.4. The molecule has 0 bridgehead atoms. The van der Waals surface area contributed by atoms with Crippen LogP contribution in [0.5, 0.6) is 0 Å². The van der Waals surface area contributed by atoms with E-state index in [1.165, 1.54) is 25.0 Å². The molecule has 0 amide bonds. The van der Waals surface area contributed by atoms with Gasteiger partial charge in [0.05, 0.1) is 13.2 Å². The summed E-state index contributed by atoms with van der Waals surface area (Å²) in [5.41, 5.74) is 0.239. The molecule has 0 radical (unpaired) electrons. The zero-order chi connectivity index (χ0) is 26.2. The predicted molar refractivity (Wildman–Crippen MR) is 137 cm³/mol.